The summed E-state index contributed by atoms with van der Waals surface area (Å²) in [5, 5.41) is 11.2. The summed E-state index contributed by atoms with van der Waals surface area (Å²) >= 11 is 0. The van der Waals surface area contributed by atoms with E-state index in [1.165, 1.54) is 42.9 Å². The molecule has 5 nitrogen and oxygen atoms in total. The maximum Gasteiger partial charge on any atom is 0.325 e. The molecular formula is C26H38N2O3. The second-order valence-electron chi connectivity index (χ2n) is 8.99. The van der Waals surface area contributed by atoms with Gasteiger partial charge in [-0.1, -0.05) is 55.4 Å². The molecular weight excluding hydrogens is 388 g/mol. The van der Waals surface area contributed by atoms with Gasteiger partial charge in [0.1, 0.15) is 12.1 Å². The Morgan fingerprint density at radius 1 is 1.13 bits per heavy atom. The van der Waals surface area contributed by atoms with E-state index < -0.39 is 24.0 Å². The third kappa shape index (κ3) is 9.33. The Bertz CT molecular complexity index is 839. The molecule has 0 aromatic heterocycles. The molecule has 31 heavy (non-hydrogen) atoms. The van der Waals surface area contributed by atoms with Crippen molar-refractivity contribution in [2.45, 2.75) is 79.8 Å². The largest absolute Gasteiger partial charge is 0.480 e. The van der Waals surface area contributed by atoms with Gasteiger partial charge in [-0.15, -0.1) is 0 Å². The van der Waals surface area contributed by atoms with Crippen LogP contribution in [0.15, 0.2) is 63.7 Å². The highest BCUT2D eigenvalue weighted by Gasteiger charge is 2.26. The molecule has 5 heteroatoms. The van der Waals surface area contributed by atoms with Crippen molar-refractivity contribution in [1.29, 1.82) is 0 Å². The summed E-state index contributed by atoms with van der Waals surface area (Å²) in [4.78, 5) is 26.8. The van der Waals surface area contributed by atoms with E-state index in [9.17, 15) is 9.59 Å². The van der Waals surface area contributed by atoms with Crippen LogP contribution in [-0.4, -0.2) is 35.3 Å². The number of carbonyl (C=O) groups excluding carboxylic acids is 1. The van der Waals surface area contributed by atoms with E-state index in [1.54, 1.807) is 13.1 Å². The molecule has 2 atom stereocenters. The monoisotopic (exact) mass is 426 g/mol. The predicted molar refractivity (Wildman–Crippen MR) is 129 cm³/mol. The van der Waals surface area contributed by atoms with Crippen LogP contribution in [-0.2, 0) is 9.59 Å². The highest BCUT2D eigenvalue weighted by atomic mass is 16.4. The van der Waals surface area contributed by atoms with Gasteiger partial charge in [0.25, 0.3) is 0 Å². The number of aliphatic imine (C=N–C) groups is 1. The lowest BCUT2D eigenvalue weighted by Gasteiger charge is -2.32. The van der Waals surface area contributed by atoms with Crippen LogP contribution in [0.25, 0.3) is 0 Å². The van der Waals surface area contributed by atoms with Crippen molar-refractivity contribution >= 4 is 18.1 Å². The Kier molecular flexibility index (Phi) is 10.4. The maximum atomic E-state index is 11.9. The number of hydrogen-bond acceptors (Lipinski definition) is 3. The Hall–Kier alpha value is -2.69. The highest BCUT2D eigenvalue weighted by molar-refractivity contribution is 5.88. The molecule has 1 aliphatic rings. The molecule has 1 amide bonds. The minimum Gasteiger partial charge on any atom is -0.480 e. The summed E-state index contributed by atoms with van der Waals surface area (Å²) in [6, 6.07) is -1.58. The molecule has 170 valence electrons. The number of amides is 1. The number of aliphatic carboxylic acids is 1. The molecule has 0 aromatic carbocycles. The van der Waals surface area contributed by atoms with Crippen LogP contribution in [0, 0.1) is 5.41 Å². The van der Waals surface area contributed by atoms with Crippen molar-refractivity contribution < 1.29 is 14.7 Å². The first-order valence-electron chi connectivity index (χ1n) is 10.9. The molecule has 1 aliphatic carbocycles. The second kappa shape index (κ2) is 12.2. The van der Waals surface area contributed by atoms with Crippen molar-refractivity contribution in [2.24, 2.45) is 10.4 Å². The summed E-state index contributed by atoms with van der Waals surface area (Å²) in [6.07, 6.45) is 17.6. The van der Waals surface area contributed by atoms with Gasteiger partial charge in [0.05, 0.1) is 0 Å². The van der Waals surface area contributed by atoms with Crippen LogP contribution >= 0.6 is 0 Å². The zero-order chi connectivity index (χ0) is 23.6. The van der Waals surface area contributed by atoms with Crippen LogP contribution in [0.5, 0.6) is 0 Å². The summed E-state index contributed by atoms with van der Waals surface area (Å²) in [7, 11) is 0. The van der Waals surface area contributed by atoms with Crippen molar-refractivity contribution in [3.63, 3.8) is 0 Å². The summed E-state index contributed by atoms with van der Waals surface area (Å²) in [5.74, 6) is -1.48. The first-order chi connectivity index (χ1) is 14.4. The minimum absolute atomic E-state index is 0.243. The SMILES string of the molecule is CC1=C(/C=C/C(C)=C/C=C/C(C)=C/C=N\[C@@H](C)C(=O)N[C@@H](C)C(=O)O)C(C)(C)CCC1. The third-order valence-electron chi connectivity index (χ3n) is 5.53. The molecule has 0 bridgehead atoms. The van der Waals surface area contributed by atoms with Crippen LogP contribution in [0.4, 0.5) is 0 Å². The van der Waals surface area contributed by atoms with Crippen LogP contribution in [0.3, 0.4) is 0 Å². The number of carboxylic acids is 1. The van der Waals surface area contributed by atoms with Gasteiger partial charge >= 0.3 is 5.97 Å². The first-order valence-corrected chi connectivity index (χ1v) is 10.9. The van der Waals surface area contributed by atoms with E-state index >= 15 is 0 Å². The topological polar surface area (TPSA) is 78.8 Å². The zero-order valence-corrected chi connectivity index (χ0v) is 20.0. The van der Waals surface area contributed by atoms with Gasteiger partial charge in [0.2, 0.25) is 5.91 Å². The summed E-state index contributed by atoms with van der Waals surface area (Å²) in [5.41, 5.74) is 5.37. The Morgan fingerprint density at radius 2 is 1.77 bits per heavy atom. The Morgan fingerprint density at radius 3 is 2.39 bits per heavy atom. The standard InChI is InChI=1S/C26H38N2O3/c1-18(13-14-23-20(3)12-9-16-26(23,6)7)10-8-11-19(2)15-17-27-21(4)24(29)28-22(5)25(30)31/h8,10-11,13-15,17,21-22H,9,12,16H2,1-7H3,(H,28,29)(H,30,31)/b11-8+,14-13+,18-10+,19-15+,27-17-/t21-,22-/m0/s1. The van der Waals surface area contributed by atoms with Gasteiger partial charge in [-0.25, -0.2) is 0 Å². The Labute approximate surface area is 187 Å². The molecule has 0 unspecified atom stereocenters. The number of nitrogens with one attached hydrogen (secondary N) is 1. The van der Waals surface area contributed by atoms with Gasteiger partial charge in [-0.05, 0) is 76.5 Å². The average molecular weight is 427 g/mol. The Balaban J connectivity index is 2.65. The molecule has 0 saturated carbocycles. The summed E-state index contributed by atoms with van der Waals surface area (Å²) < 4.78 is 0. The van der Waals surface area contributed by atoms with Gasteiger partial charge in [-0.2, -0.15) is 0 Å². The van der Waals surface area contributed by atoms with Crippen LogP contribution in [0.2, 0.25) is 0 Å². The fourth-order valence-electron chi connectivity index (χ4n) is 3.44. The van der Waals surface area contributed by atoms with E-state index in [1.807, 2.05) is 25.2 Å². The third-order valence-corrected chi connectivity index (χ3v) is 5.53. The van der Waals surface area contributed by atoms with Gasteiger partial charge < -0.3 is 10.4 Å². The number of carbonyl (C=O) groups is 2. The minimum atomic E-state index is -1.07. The van der Waals surface area contributed by atoms with Crippen molar-refractivity contribution in [3.8, 4) is 0 Å². The molecule has 0 aromatic rings. The lowest BCUT2D eigenvalue weighted by Crippen LogP contribution is -2.42. The molecule has 2 N–H and O–H groups in total. The molecule has 0 radical (unpaired) electrons. The van der Waals surface area contributed by atoms with Crippen molar-refractivity contribution in [3.05, 3.63) is 58.7 Å². The fraction of sp³-hybridized carbons (Fsp3) is 0.500. The lowest BCUT2D eigenvalue weighted by atomic mass is 9.72. The smallest absolute Gasteiger partial charge is 0.325 e. The van der Waals surface area contributed by atoms with Gasteiger partial charge in [0, 0.05) is 6.21 Å². The molecule has 0 heterocycles. The van der Waals surface area contributed by atoms with Crippen LogP contribution in [0.1, 0.15) is 67.7 Å². The second-order valence-corrected chi connectivity index (χ2v) is 8.99. The molecule has 1 rings (SSSR count). The number of nitrogens with zero attached hydrogens (tertiary/aromatic N) is 1. The average Bonchev–Trinajstić information content (AvgIpc) is 2.66. The lowest BCUT2D eigenvalue weighted by molar-refractivity contribution is -0.141. The molecule has 0 fully saturated rings. The summed E-state index contributed by atoms with van der Waals surface area (Å²) in [6.45, 7) is 14.0. The molecule has 0 spiro atoms. The van der Waals surface area contributed by atoms with Gasteiger partial charge in [-0.3, -0.25) is 14.6 Å². The zero-order valence-electron chi connectivity index (χ0n) is 20.0. The number of rotatable bonds is 9. The van der Waals surface area contributed by atoms with E-state index in [2.05, 4.69) is 56.2 Å². The maximum absolute atomic E-state index is 11.9. The van der Waals surface area contributed by atoms with E-state index in [0.717, 1.165) is 5.57 Å². The highest BCUT2D eigenvalue weighted by Crippen LogP contribution is 2.40. The van der Waals surface area contributed by atoms with Gasteiger partial charge in [0.15, 0.2) is 0 Å². The first kappa shape index (κ1) is 26.3. The van der Waals surface area contributed by atoms with E-state index in [0.29, 0.717) is 0 Å². The van der Waals surface area contributed by atoms with E-state index in [4.69, 9.17) is 5.11 Å². The fourth-order valence-corrected chi connectivity index (χ4v) is 3.44. The van der Waals surface area contributed by atoms with Crippen molar-refractivity contribution in [1.82, 2.24) is 5.32 Å². The molecule has 0 aliphatic heterocycles. The predicted octanol–water partition coefficient (Wildman–Crippen LogP) is 5.57. The number of hydrogen-bond donors (Lipinski definition) is 2. The quantitative estimate of drug-likeness (QED) is 0.374. The normalized spacial score (nSPS) is 20.0. The number of carboxylic acid groups (broad SMARTS) is 1. The number of allylic oxidation sites excluding steroid dienone is 10. The van der Waals surface area contributed by atoms with E-state index in [-0.39, 0.29) is 5.41 Å². The van der Waals surface area contributed by atoms with Crippen molar-refractivity contribution in [2.75, 3.05) is 0 Å². The van der Waals surface area contributed by atoms with Crippen LogP contribution < -0.4 is 5.32 Å². The molecule has 0 saturated heterocycles.